The predicted molar refractivity (Wildman–Crippen MR) is 63.7 cm³/mol. The van der Waals surface area contributed by atoms with Crippen LogP contribution in [0.1, 0.15) is 0 Å². The fraction of sp³-hybridized carbons (Fsp3) is 0.231. The molecular weight excluding hydrogens is 218 g/mol. The molecule has 0 N–H and O–H groups in total. The van der Waals surface area contributed by atoms with E-state index in [-0.39, 0.29) is 12.5 Å². The van der Waals surface area contributed by atoms with Gasteiger partial charge in [-0.05, 0) is 12.1 Å². The second-order valence-electron chi connectivity index (χ2n) is 3.71. The summed E-state index contributed by atoms with van der Waals surface area (Å²) in [5.74, 6) is -0.185. The van der Waals surface area contributed by atoms with E-state index in [2.05, 4.69) is 6.58 Å². The number of benzene rings is 1. The van der Waals surface area contributed by atoms with Gasteiger partial charge >= 0.3 is 0 Å². The number of ether oxygens (including phenoxy) is 1. The summed E-state index contributed by atoms with van der Waals surface area (Å²) in [5.41, 5.74) is 0.716. The third kappa shape index (κ3) is 1.99. The lowest BCUT2D eigenvalue weighted by atomic mass is 9.98. The molecule has 0 unspecified atom stereocenters. The minimum Gasteiger partial charge on any atom is -0.362 e. The summed E-state index contributed by atoms with van der Waals surface area (Å²) in [7, 11) is 0. The molecule has 2 rings (SSSR count). The van der Waals surface area contributed by atoms with Crippen molar-refractivity contribution >= 4 is 17.9 Å². The molecule has 17 heavy (non-hydrogen) atoms. The van der Waals surface area contributed by atoms with Gasteiger partial charge in [0.25, 0.3) is 5.91 Å². The molecule has 1 fully saturated rings. The van der Waals surface area contributed by atoms with Crippen molar-refractivity contribution in [1.29, 1.82) is 0 Å². The summed E-state index contributed by atoms with van der Waals surface area (Å²) < 4.78 is 5.25. The summed E-state index contributed by atoms with van der Waals surface area (Å²) in [6.07, 6.45) is 1.62. The Morgan fingerprint density at radius 1 is 1.35 bits per heavy atom. The van der Waals surface area contributed by atoms with Crippen LogP contribution in [0.4, 0.5) is 5.69 Å². The normalized spacial score (nSPS) is 23.1. The van der Waals surface area contributed by atoms with E-state index < -0.39 is 12.1 Å². The Morgan fingerprint density at radius 2 is 2.06 bits per heavy atom. The van der Waals surface area contributed by atoms with E-state index in [9.17, 15) is 9.59 Å². The van der Waals surface area contributed by atoms with Crippen molar-refractivity contribution < 1.29 is 14.3 Å². The van der Waals surface area contributed by atoms with Gasteiger partial charge in [0.05, 0.1) is 6.61 Å². The van der Waals surface area contributed by atoms with Crippen molar-refractivity contribution in [2.24, 2.45) is 0 Å². The lowest BCUT2D eigenvalue weighted by Crippen LogP contribution is -2.67. The van der Waals surface area contributed by atoms with E-state index in [4.69, 9.17) is 4.74 Å². The molecule has 1 aliphatic rings. The van der Waals surface area contributed by atoms with Crippen LogP contribution in [0.25, 0.3) is 0 Å². The number of para-hydroxylation sites is 1. The third-order valence-electron chi connectivity index (χ3n) is 2.66. The highest BCUT2D eigenvalue weighted by Gasteiger charge is 2.48. The number of amides is 1. The molecule has 4 nitrogen and oxygen atoms in total. The first kappa shape index (κ1) is 11.5. The summed E-state index contributed by atoms with van der Waals surface area (Å²) in [6.45, 7) is 3.77. The van der Waals surface area contributed by atoms with E-state index in [1.54, 1.807) is 18.2 Å². The maximum Gasteiger partial charge on any atom is 0.259 e. The number of β-lactam (4-membered cyclic amide) rings is 1. The predicted octanol–water partition coefficient (Wildman–Crippen LogP) is 1.17. The van der Waals surface area contributed by atoms with Gasteiger partial charge in [-0.15, -0.1) is 6.58 Å². The first-order valence-electron chi connectivity index (χ1n) is 5.35. The summed E-state index contributed by atoms with van der Waals surface area (Å²) in [6, 6.07) is 8.54. The molecular formula is C13H13NO3. The Labute approximate surface area is 99.5 Å². The van der Waals surface area contributed by atoms with Gasteiger partial charge in [-0.2, -0.15) is 0 Å². The average molecular weight is 231 g/mol. The molecule has 1 aromatic rings. The Morgan fingerprint density at radius 3 is 2.65 bits per heavy atom. The largest absolute Gasteiger partial charge is 0.362 e. The lowest BCUT2D eigenvalue weighted by Gasteiger charge is -2.43. The van der Waals surface area contributed by atoms with Gasteiger partial charge in [0.15, 0.2) is 6.10 Å². The highest BCUT2D eigenvalue weighted by molar-refractivity contribution is 6.10. The number of nitrogens with zero attached hydrogens (tertiary/aromatic N) is 1. The molecule has 0 saturated carbocycles. The molecule has 0 radical (unpaired) electrons. The van der Waals surface area contributed by atoms with Gasteiger partial charge in [0.1, 0.15) is 12.3 Å². The standard InChI is InChI=1S/C13H13NO3/c1-2-8-17-12-11(9-15)14(13(12)16)10-6-4-3-5-7-10/h2-7,9,11-12H,1,8H2/t11-,12-/m1/s1. The zero-order chi connectivity index (χ0) is 12.3. The molecule has 1 aliphatic heterocycles. The number of hydrogen-bond acceptors (Lipinski definition) is 3. The van der Waals surface area contributed by atoms with E-state index in [1.165, 1.54) is 4.90 Å². The fourth-order valence-corrected chi connectivity index (χ4v) is 1.85. The van der Waals surface area contributed by atoms with Gasteiger partial charge in [0.2, 0.25) is 0 Å². The average Bonchev–Trinajstić information content (AvgIpc) is 2.37. The molecule has 0 aliphatic carbocycles. The van der Waals surface area contributed by atoms with Crippen LogP contribution in [0.2, 0.25) is 0 Å². The van der Waals surface area contributed by atoms with Crippen molar-refractivity contribution in [2.75, 3.05) is 11.5 Å². The van der Waals surface area contributed by atoms with Crippen molar-refractivity contribution in [1.82, 2.24) is 0 Å². The van der Waals surface area contributed by atoms with Crippen molar-refractivity contribution in [2.45, 2.75) is 12.1 Å². The first-order valence-corrected chi connectivity index (χ1v) is 5.35. The Bertz CT molecular complexity index is 430. The van der Waals surface area contributed by atoms with E-state index in [0.29, 0.717) is 5.69 Å². The molecule has 88 valence electrons. The number of rotatable bonds is 5. The molecule has 1 saturated heterocycles. The molecule has 2 atom stereocenters. The minimum absolute atomic E-state index is 0.185. The van der Waals surface area contributed by atoms with Crippen LogP contribution < -0.4 is 4.90 Å². The Hall–Kier alpha value is -1.94. The van der Waals surface area contributed by atoms with Gasteiger partial charge in [-0.1, -0.05) is 24.3 Å². The van der Waals surface area contributed by atoms with Crippen LogP contribution in [0.5, 0.6) is 0 Å². The van der Waals surface area contributed by atoms with Gasteiger partial charge < -0.3 is 9.53 Å². The zero-order valence-electron chi connectivity index (χ0n) is 9.28. The number of aldehydes is 1. The van der Waals surface area contributed by atoms with Crippen molar-refractivity contribution in [3.63, 3.8) is 0 Å². The number of carbonyl (C=O) groups is 2. The van der Waals surface area contributed by atoms with Crippen LogP contribution in [-0.2, 0) is 14.3 Å². The molecule has 0 bridgehead atoms. The molecule has 4 heteroatoms. The lowest BCUT2D eigenvalue weighted by molar-refractivity contribution is -0.144. The number of carbonyl (C=O) groups excluding carboxylic acids is 2. The maximum absolute atomic E-state index is 11.8. The van der Waals surface area contributed by atoms with Crippen molar-refractivity contribution in [3.05, 3.63) is 43.0 Å². The topological polar surface area (TPSA) is 46.6 Å². The van der Waals surface area contributed by atoms with E-state index in [1.807, 2.05) is 18.2 Å². The van der Waals surface area contributed by atoms with E-state index in [0.717, 1.165) is 6.29 Å². The monoisotopic (exact) mass is 231 g/mol. The van der Waals surface area contributed by atoms with Gasteiger partial charge in [-0.25, -0.2) is 0 Å². The van der Waals surface area contributed by atoms with Crippen LogP contribution in [0, 0.1) is 0 Å². The van der Waals surface area contributed by atoms with Crippen LogP contribution >= 0.6 is 0 Å². The molecule has 0 aromatic heterocycles. The van der Waals surface area contributed by atoms with Gasteiger partial charge in [0, 0.05) is 5.69 Å². The minimum atomic E-state index is -0.675. The number of anilines is 1. The van der Waals surface area contributed by atoms with Crippen molar-refractivity contribution in [3.8, 4) is 0 Å². The van der Waals surface area contributed by atoms with E-state index >= 15 is 0 Å². The first-order chi connectivity index (χ1) is 8.29. The quantitative estimate of drug-likeness (QED) is 0.434. The second kappa shape index (κ2) is 4.93. The molecule has 0 spiro atoms. The van der Waals surface area contributed by atoms with Gasteiger partial charge in [-0.3, -0.25) is 9.69 Å². The summed E-state index contributed by atoms with van der Waals surface area (Å²) in [4.78, 5) is 24.3. The maximum atomic E-state index is 11.8. The van der Waals surface area contributed by atoms with Crippen LogP contribution in [0.15, 0.2) is 43.0 Å². The Kier molecular flexibility index (Phi) is 3.35. The highest BCUT2D eigenvalue weighted by Crippen LogP contribution is 2.28. The summed E-state index contributed by atoms with van der Waals surface area (Å²) >= 11 is 0. The molecule has 1 amide bonds. The fourth-order valence-electron chi connectivity index (χ4n) is 1.85. The Balaban J connectivity index is 2.13. The van der Waals surface area contributed by atoms with Crippen LogP contribution in [-0.4, -0.2) is 30.9 Å². The zero-order valence-corrected chi connectivity index (χ0v) is 9.28. The SMILES string of the molecule is C=CCO[C@H]1C(=O)N(c2ccccc2)[C@@H]1C=O. The smallest absolute Gasteiger partial charge is 0.259 e. The molecule has 1 heterocycles. The van der Waals surface area contributed by atoms with Crippen LogP contribution in [0.3, 0.4) is 0 Å². The molecule has 1 aromatic carbocycles. The second-order valence-corrected chi connectivity index (χ2v) is 3.71. The highest BCUT2D eigenvalue weighted by atomic mass is 16.5. The number of hydrogen-bond donors (Lipinski definition) is 0. The third-order valence-corrected chi connectivity index (χ3v) is 2.66. The summed E-state index contributed by atoms with van der Waals surface area (Å²) in [5, 5.41) is 0.